The van der Waals surface area contributed by atoms with Crippen LogP contribution in [0, 0.1) is 0 Å². The van der Waals surface area contributed by atoms with Crippen molar-refractivity contribution >= 4 is 17.6 Å². The molecular formula is C19H24N2O2S. The van der Waals surface area contributed by atoms with Crippen molar-refractivity contribution in [1.29, 1.82) is 0 Å². The molecule has 0 bridgehead atoms. The fourth-order valence-electron chi connectivity index (χ4n) is 2.92. The normalized spacial score (nSPS) is 15.0. The molecule has 2 heterocycles. The van der Waals surface area contributed by atoms with Crippen molar-refractivity contribution in [3.8, 4) is 5.75 Å². The van der Waals surface area contributed by atoms with Gasteiger partial charge >= 0.3 is 0 Å². The molecule has 0 unspecified atom stereocenters. The van der Waals surface area contributed by atoms with Gasteiger partial charge in [-0.1, -0.05) is 18.2 Å². The first-order valence-electron chi connectivity index (χ1n) is 8.24. The number of rotatable bonds is 7. The van der Waals surface area contributed by atoms with Crippen molar-refractivity contribution in [1.82, 2.24) is 4.98 Å². The molecule has 0 spiro atoms. The Bertz CT molecular complexity index is 704. The van der Waals surface area contributed by atoms with Crippen LogP contribution >= 0.6 is 11.8 Å². The Morgan fingerprint density at radius 3 is 3.04 bits per heavy atom. The SMILES string of the molecule is CC1(C)Cc2cccc(CNc3cc(CSCCO)ccn3)c2O1. The number of ether oxygens (including phenoxy) is 1. The quantitative estimate of drug-likeness (QED) is 0.751. The predicted molar refractivity (Wildman–Crippen MR) is 99.7 cm³/mol. The zero-order valence-electron chi connectivity index (χ0n) is 14.2. The van der Waals surface area contributed by atoms with Crippen molar-refractivity contribution in [3.63, 3.8) is 0 Å². The summed E-state index contributed by atoms with van der Waals surface area (Å²) >= 11 is 1.72. The minimum atomic E-state index is -0.124. The highest BCUT2D eigenvalue weighted by Crippen LogP contribution is 2.37. The van der Waals surface area contributed by atoms with E-state index >= 15 is 0 Å². The smallest absolute Gasteiger partial charge is 0.128 e. The summed E-state index contributed by atoms with van der Waals surface area (Å²) in [6, 6.07) is 10.4. The number of pyridine rings is 1. The number of fused-ring (bicyclic) bond motifs is 1. The highest BCUT2D eigenvalue weighted by Gasteiger charge is 2.31. The minimum absolute atomic E-state index is 0.124. The Morgan fingerprint density at radius 1 is 1.33 bits per heavy atom. The lowest BCUT2D eigenvalue weighted by molar-refractivity contribution is 0.137. The summed E-state index contributed by atoms with van der Waals surface area (Å²) in [6.45, 7) is 5.16. The van der Waals surface area contributed by atoms with E-state index in [1.807, 2.05) is 12.3 Å². The van der Waals surface area contributed by atoms with Crippen LogP contribution in [0.5, 0.6) is 5.75 Å². The highest BCUT2D eigenvalue weighted by atomic mass is 32.2. The van der Waals surface area contributed by atoms with Gasteiger partial charge in [-0.25, -0.2) is 4.98 Å². The van der Waals surface area contributed by atoms with Crippen LogP contribution in [0.25, 0.3) is 0 Å². The van der Waals surface area contributed by atoms with E-state index < -0.39 is 0 Å². The molecular weight excluding hydrogens is 320 g/mol. The molecule has 128 valence electrons. The zero-order valence-corrected chi connectivity index (χ0v) is 15.0. The molecule has 0 fully saturated rings. The number of nitrogens with one attached hydrogen (secondary N) is 1. The number of thioether (sulfide) groups is 1. The number of aliphatic hydroxyl groups excluding tert-OH is 1. The monoisotopic (exact) mass is 344 g/mol. The molecule has 0 radical (unpaired) electrons. The van der Waals surface area contributed by atoms with E-state index in [1.165, 1.54) is 16.7 Å². The second kappa shape index (κ2) is 7.45. The molecule has 1 aromatic heterocycles. The molecule has 4 nitrogen and oxygen atoms in total. The van der Waals surface area contributed by atoms with E-state index in [-0.39, 0.29) is 12.2 Å². The first-order valence-corrected chi connectivity index (χ1v) is 9.40. The van der Waals surface area contributed by atoms with Gasteiger partial charge < -0.3 is 15.2 Å². The third kappa shape index (κ3) is 4.22. The number of aliphatic hydroxyl groups is 1. The van der Waals surface area contributed by atoms with Crippen molar-refractivity contribution < 1.29 is 9.84 Å². The summed E-state index contributed by atoms with van der Waals surface area (Å²) in [6.07, 6.45) is 2.78. The number of anilines is 1. The Hall–Kier alpha value is -1.72. The molecule has 0 aliphatic carbocycles. The van der Waals surface area contributed by atoms with Gasteiger partial charge in [0.25, 0.3) is 0 Å². The van der Waals surface area contributed by atoms with Crippen LogP contribution in [-0.2, 0) is 18.7 Å². The summed E-state index contributed by atoms with van der Waals surface area (Å²) in [5, 5.41) is 12.3. The van der Waals surface area contributed by atoms with Crippen LogP contribution in [-0.4, -0.2) is 28.1 Å². The van der Waals surface area contributed by atoms with E-state index in [2.05, 4.69) is 48.4 Å². The van der Waals surface area contributed by atoms with Gasteiger partial charge in [0.1, 0.15) is 17.2 Å². The molecule has 0 saturated heterocycles. The second-order valence-corrected chi connectivity index (χ2v) is 7.73. The molecule has 0 saturated carbocycles. The first kappa shape index (κ1) is 17.1. The lowest BCUT2D eigenvalue weighted by Gasteiger charge is -2.18. The van der Waals surface area contributed by atoms with Crippen molar-refractivity contribution in [2.75, 3.05) is 17.7 Å². The summed E-state index contributed by atoms with van der Waals surface area (Å²) in [4.78, 5) is 4.39. The second-order valence-electron chi connectivity index (χ2n) is 6.62. The van der Waals surface area contributed by atoms with Gasteiger partial charge in [0.15, 0.2) is 0 Å². The highest BCUT2D eigenvalue weighted by molar-refractivity contribution is 7.98. The Morgan fingerprint density at radius 2 is 2.21 bits per heavy atom. The summed E-state index contributed by atoms with van der Waals surface area (Å²) in [5.41, 5.74) is 3.53. The average molecular weight is 344 g/mol. The zero-order chi connectivity index (χ0) is 17.0. The number of benzene rings is 1. The van der Waals surface area contributed by atoms with Crippen molar-refractivity contribution in [2.45, 2.75) is 38.2 Å². The van der Waals surface area contributed by atoms with Gasteiger partial charge in [0.05, 0.1) is 6.61 Å². The van der Waals surface area contributed by atoms with Gasteiger partial charge in [0, 0.05) is 36.2 Å². The Labute approximate surface area is 147 Å². The van der Waals surface area contributed by atoms with E-state index in [4.69, 9.17) is 9.84 Å². The van der Waals surface area contributed by atoms with E-state index in [0.29, 0.717) is 6.54 Å². The standard InChI is InChI=1S/C19H24N2O2S/c1-19(2)11-15-4-3-5-16(18(15)23-19)12-21-17-10-14(6-7-20-17)13-24-9-8-22/h3-7,10,22H,8-9,11-13H2,1-2H3,(H,20,21). The average Bonchev–Trinajstić information content (AvgIpc) is 2.88. The molecule has 2 N–H and O–H groups in total. The predicted octanol–water partition coefficient (Wildman–Crippen LogP) is 3.63. The lowest BCUT2D eigenvalue weighted by atomic mass is 10.0. The molecule has 2 aromatic rings. The fourth-order valence-corrected chi connectivity index (χ4v) is 3.61. The maximum Gasteiger partial charge on any atom is 0.128 e. The van der Waals surface area contributed by atoms with Crippen LogP contribution in [0.3, 0.4) is 0 Å². The summed E-state index contributed by atoms with van der Waals surface area (Å²) in [5.74, 6) is 3.53. The Balaban J connectivity index is 1.65. The van der Waals surface area contributed by atoms with E-state index in [1.54, 1.807) is 11.8 Å². The van der Waals surface area contributed by atoms with Crippen LogP contribution in [0.4, 0.5) is 5.82 Å². The van der Waals surface area contributed by atoms with E-state index in [0.717, 1.165) is 29.5 Å². The third-order valence-electron chi connectivity index (χ3n) is 3.96. The van der Waals surface area contributed by atoms with Gasteiger partial charge in [0.2, 0.25) is 0 Å². The number of aromatic nitrogens is 1. The fraction of sp³-hybridized carbons (Fsp3) is 0.421. The molecule has 0 amide bonds. The molecule has 3 rings (SSSR count). The minimum Gasteiger partial charge on any atom is -0.487 e. The maximum absolute atomic E-state index is 8.87. The van der Waals surface area contributed by atoms with Gasteiger partial charge in [-0.2, -0.15) is 11.8 Å². The third-order valence-corrected chi connectivity index (χ3v) is 4.97. The molecule has 1 aliphatic rings. The number of para-hydroxylation sites is 1. The molecule has 0 atom stereocenters. The van der Waals surface area contributed by atoms with Crippen LogP contribution in [0.15, 0.2) is 36.5 Å². The largest absolute Gasteiger partial charge is 0.487 e. The summed E-state index contributed by atoms with van der Waals surface area (Å²) < 4.78 is 6.12. The summed E-state index contributed by atoms with van der Waals surface area (Å²) in [7, 11) is 0. The van der Waals surface area contributed by atoms with Crippen molar-refractivity contribution in [2.24, 2.45) is 0 Å². The van der Waals surface area contributed by atoms with Crippen LogP contribution in [0.2, 0.25) is 0 Å². The number of hydrogen-bond acceptors (Lipinski definition) is 5. The van der Waals surface area contributed by atoms with Gasteiger partial charge in [-0.05, 0) is 37.1 Å². The lowest BCUT2D eigenvalue weighted by Crippen LogP contribution is -2.25. The molecule has 1 aliphatic heterocycles. The van der Waals surface area contributed by atoms with Crippen molar-refractivity contribution in [3.05, 3.63) is 53.2 Å². The first-order chi connectivity index (χ1) is 11.6. The molecule has 5 heteroatoms. The molecule has 1 aromatic carbocycles. The van der Waals surface area contributed by atoms with Crippen LogP contribution < -0.4 is 10.1 Å². The van der Waals surface area contributed by atoms with Crippen LogP contribution in [0.1, 0.15) is 30.5 Å². The number of hydrogen-bond donors (Lipinski definition) is 2. The topological polar surface area (TPSA) is 54.4 Å². The van der Waals surface area contributed by atoms with E-state index in [9.17, 15) is 0 Å². The van der Waals surface area contributed by atoms with Gasteiger partial charge in [-0.3, -0.25) is 0 Å². The number of nitrogens with zero attached hydrogens (tertiary/aromatic N) is 1. The molecule has 24 heavy (non-hydrogen) atoms. The Kier molecular flexibility index (Phi) is 5.31. The maximum atomic E-state index is 8.87. The van der Waals surface area contributed by atoms with Gasteiger partial charge in [-0.15, -0.1) is 0 Å².